The monoisotopic (exact) mass is 359 g/mol. The summed E-state index contributed by atoms with van der Waals surface area (Å²) in [5, 5.41) is 12.1. The molecule has 0 aromatic heterocycles. The third-order valence-electron chi connectivity index (χ3n) is 5.36. The van der Waals surface area contributed by atoms with Gasteiger partial charge in [-0.05, 0) is 61.3 Å². The number of aliphatic carboxylic acids is 1. The molecule has 0 fully saturated rings. The molecule has 1 aliphatic rings. The number of carboxylic acids is 1. The molecule has 3 atom stereocenters. The van der Waals surface area contributed by atoms with Gasteiger partial charge in [0, 0.05) is 12.1 Å². The average Bonchev–Trinajstić information content (AvgIpc) is 2.61. The van der Waals surface area contributed by atoms with Crippen LogP contribution in [-0.4, -0.2) is 30.6 Å². The zero-order valence-electron chi connectivity index (χ0n) is 16.0. The maximum atomic E-state index is 12.4. The maximum absolute atomic E-state index is 12.4. The molecule has 5 heteroatoms. The minimum atomic E-state index is -0.753. The second kappa shape index (κ2) is 8.88. The van der Waals surface area contributed by atoms with Crippen LogP contribution in [0.25, 0.3) is 0 Å². The van der Waals surface area contributed by atoms with Crippen molar-refractivity contribution in [3.05, 3.63) is 41.5 Å². The van der Waals surface area contributed by atoms with Crippen LogP contribution in [0.2, 0.25) is 0 Å². The molecule has 1 aromatic carbocycles. The van der Waals surface area contributed by atoms with Crippen LogP contribution < -0.4 is 10.1 Å². The summed E-state index contributed by atoms with van der Waals surface area (Å²) in [6, 6.07) is 7.04. The molecule has 2 rings (SSSR count). The van der Waals surface area contributed by atoms with Crippen LogP contribution in [0.15, 0.2) is 35.9 Å². The number of rotatable bonds is 7. The van der Waals surface area contributed by atoms with Crippen molar-refractivity contribution < 1.29 is 19.4 Å². The Morgan fingerprint density at radius 3 is 2.46 bits per heavy atom. The molecule has 0 radical (unpaired) electrons. The molecule has 0 saturated carbocycles. The van der Waals surface area contributed by atoms with Crippen LogP contribution in [0, 0.1) is 23.7 Å². The third-order valence-corrected chi connectivity index (χ3v) is 5.36. The first-order chi connectivity index (χ1) is 12.3. The minimum Gasteiger partial charge on any atom is -0.497 e. The highest BCUT2D eigenvalue weighted by Crippen LogP contribution is 2.38. The summed E-state index contributed by atoms with van der Waals surface area (Å²) in [7, 11) is 1.59. The Kier molecular flexibility index (Phi) is 6.83. The number of methoxy groups -OCH3 is 1. The molecule has 0 bridgehead atoms. The number of nitrogens with one attached hydrogen (secondary N) is 1. The molecule has 1 aliphatic carbocycles. The molecule has 0 spiro atoms. The van der Waals surface area contributed by atoms with Gasteiger partial charge in [0.2, 0.25) is 0 Å². The van der Waals surface area contributed by atoms with Crippen LogP contribution in [0.1, 0.15) is 44.0 Å². The number of allylic oxidation sites excluding steroid dienone is 1. The van der Waals surface area contributed by atoms with E-state index >= 15 is 0 Å². The smallest absolute Gasteiger partial charge is 0.303 e. The molecule has 2 N–H and O–H groups in total. The fourth-order valence-corrected chi connectivity index (χ4v) is 3.77. The van der Waals surface area contributed by atoms with Gasteiger partial charge in [0.25, 0.3) is 5.91 Å². The Hall–Kier alpha value is -2.30. The summed E-state index contributed by atoms with van der Waals surface area (Å²) in [5.74, 6) is 0.968. The number of hydrogen-bond donors (Lipinski definition) is 2. The highest BCUT2D eigenvalue weighted by Gasteiger charge is 2.32. The van der Waals surface area contributed by atoms with Gasteiger partial charge < -0.3 is 15.2 Å². The van der Waals surface area contributed by atoms with Crippen molar-refractivity contribution in [3.63, 3.8) is 0 Å². The van der Waals surface area contributed by atoms with Crippen LogP contribution in [-0.2, 0) is 4.79 Å². The number of carboxylic acid groups (broad SMARTS) is 1. The van der Waals surface area contributed by atoms with Gasteiger partial charge in [0.05, 0.1) is 13.5 Å². The highest BCUT2D eigenvalue weighted by atomic mass is 16.5. The minimum absolute atomic E-state index is 0.0911. The fourth-order valence-electron chi connectivity index (χ4n) is 3.77. The fraction of sp³-hybridized carbons (Fsp3) is 0.524. The van der Waals surface area contributed by atoms with Gasteiger partial charge in [0.1, 0.15) is 5.75 Å². The van der Waals surface area contributed by atoms with Gasteiger partial charge >= 0.3 is 5.97 Å². The van der Waals surface area contributed by atoms with Gasteiger partial charge in [-0.15, -0.1) is 0 Å². The topological polar surface area (TPSA) is 75.6 Å². The maximum Gasteiger partial charge on any atom is 0.303 e. The largest absolute Gasteiger partial charge is 0.497 e. The van der Waals surface area contributed by atoms with Gasteiger partial charge in [-0.25, -0.2) is 0 Å². The summed E-state index contributed by atoms with van der Waals surface area (Å²) in [4.78, 5) is 23.5. The van der Waals surface area contributed by atoms with E-state index in [0.717, 1.165) is 17.7 Å². The van der Waals surface area contributed by atoms with Gasteiger partial charge in [-0.2, -0.15) is 0 Å². The van der Waals surface area contributed by atoms with E-state index in [1.54, 1.807) is 31.4 Å². The molecular weight excluding hydrogens is 330 g/mol. The second-order valence-corrected chi connectivity index (χ2v) is 7.45. The Morgan fingerprint density at radius 2 is 1.92 bits per heavy atom. The summed E-state index contributed by atoms with van der Waals surface area (Å²) in [5.41, 5.74) is 1.72. The van der Waals surface area contributed by atoms with E-state index in [2.05, 4.69) is 25.2 Å². The predicted octanol–water partition coefficient (Wildman–Crippen LogP) is 3.75. The van der Waals surface area contributed by atoms with Gasteiger partial charge in [-0.3, -0.25) is 9.59 Å². The summed E-state index contributed by atoms with van der Waals surface area (Å²) >= 11 is 0. The summed E-state index contributed by atoms with van der Waals surface area (Å²) in [6.07, 6.45) is 3.20. The zero-order valence-corrected chi connectivity index (χ0v) is 16.0. The van der Waals surface area contributed by atoms with E-state index in [-0.39, 0.29) is 24.2 Å². The predicted molar refractivity (Wildman–Crippen MR) is 101 cm³/mol. The molecule has 0 unspecified atom stereocenters. The van der Waals surface area contributed by atoms with Crippen molar-refractivity contribution in [2.24, 2.45) is 23.7 Å². The van der Waals surface area contributed by atoms with Crippen molar-refractivity contribution in [2.75, 3.05) is 13.7 Å². The zero-order chi connectivity index (χ0) is 19.3. The van der Waals surface area contributed by atoms with Crippen LogP contribution in [0.5, 0.6) is 5.75 Å². The number of benzene rings is 1. The molecule has 0 heterocycles. The van der Waals surface area contributed by atoms with Crippen LogP contribution in [0.3, 0.4) is 0 Å². The molecule has 0 saturated heterocycles. The lowest BCUT2D eigenvalue weighted by Crippen LogP contribution is -2.37. The number of hydrogen-bond acceptors (Lipinski definition) is 3. The molecule has 142 valence electrons. The normalized spacial score (nSPS) is 22.7. The second-order valence-electron chi connectivity index (χ2n) is 7.45. The first-order valence-corrected chi connectivity index (χ1v) is 9.14. The number of ether oxygens (including phenoxy) is 1. The Bertz CT molecular complexity index is 663. The average molecular weight is 359 g/mol. The van der Waals surface area contributed by atoms with E-state index in [0.29, 0.717) is 23.9 Å². The Morgan fingerprint density at radius 1 is 1.27 bits per heavy atom. The van der Waals surface area contributed by atoms with E-state index in [4.69, 9.17) is 9.84 Å². The van der Waals surface area contributed by atoms with Crippen molar-refractivity contribution in [3.8, 4) is 5.75 Å². The van der Waals surface area contributed by atoms with Crippen molar-refractivity contribution in [2.45, 2.75) is 33.6 Å². The third kappa shape index (κ3) is 5.10. The SMILES string of the molecule is COc1ccc(C(=O)NC[C@@H]2C=C(C)[C@H](CC(=O)O)C[C@H]2C(C)C)cc1. The van der Waals surface area contributed by atoms with Gasteiger partial charge in [0.15, 0.2) is 0 Å². The number of carbonyl (C=O) groups is 2. The van der Waals surface area contributed by atoms with E-state index < -0.39 is 5.97 Å². The summed E-state index contributed by atoms with van der Waals surface area (Å²) in [6.45, 7) is 6.89. The lowest BCUT2D eigenvalue weighted by molar-refractivity contribution is -0.138. The van der Waals surface area contributed by atoms with Gasteiger partial charge in [-0.1, -0.05) is 25.5 Å². The van der Waals surface area contributed by atoms with Crippen LogP contribution >= 0.6 is 0 Å². The van der Waals surface area contributed by atoms with Crippen molar-refractivity contribution in [1.29, 1.82) is 0 Å². The molecule has 5 nitrogen and oxygen atoms in total. The number of amides is 1. The molecule has 0 aliphatic heterocycles. The Labute approximate surface area is 155 Å². The number of carbonyl (C=O) groups excluding carboxylic acids is 1. The quantitative estimate of drug-likeness (QED) is 0.727. The van der Waals surface area contributed by atoms with E-state index in [9.17, 15) is 9.59 Å². The first kappa shape index (κ1) is 20.0. The van der Waals surface area contributed by atoms with Crippen molar-refractivity contribution in [1.82, 2.24) is 5.32 Å². The molecule has 1 amide bonds. The lowest BCUT2D eigenvalue weighted by Gasteiger charge is -2.36. The molecule has 1 aromatic rings. The standard InChI is InChI=1S/C21H29NO4/c1-13(2)19-10-16(11-20(23)24)14(3)9-17(19)12-22-21(25)15-5-7-18(26-4)8-6-15/h5-9,13,16-17,19H,10-12H2,1-4H3,(H,22,25)(H,23,24)/t16-,17-,19-/m0/s1. The molecule has 26 heavy (non-hydrogen) atoms. The molecular formula is C21H29NO4. The highest BCUT2D eigenvalue weighted by molar-refractivity contribution is 5.94. The van der Waals surface area contributed by atoms with E-state index in [1.165, 1.54) is 0 Å². The van der Waals surface area contributed by atoms with Crippen molar-refractivity contribution >= 4 is 11.9 Å². The summed E-state index contributed by atoms with van der Waals surface area (Å²) < 4.78 is 5.11. The first-order valence-electron chi connectivity index (χ1n) is 9.14. The Balaban J connectivity index is 2.04. The van der Waals surface area contributed by atoms with E-state index in [1.807, 2.05) is 6.92 Å². The lowest BCUT2D eigenvalue weighted by atomic mass is 9.70. The van der Waals surface area contributed by atoms with Crippen LogP contribution in [0.4, 0.5) is 0 Å².